The number of hydrogen-bond donors (Lipinski definition) is 1. The lowest BCUT2D eigenvalue weighted by molar-refractivity contribution is -0.142. The van der Waals surface area contributed by atoms with Gasteiger partial charge in [0.1, 0.15) is 17.5 Å². The van der Waals surface area contributed by atoms with Crippen LogP contribution in [0.1, 0.15) is 32.3 Å². The van der Waals surface area contributed by atoms with E-state index in [9.17, 15) is 9.59 Å². The molecule has 2 amide bonds. The monoisotopic (exact) mass is 432 g/mol. The summed E-state index contributed by atoms with van der Waals surface area (Å²) < 4.78 is 10.8. The number of amides is 2. The van der Waals surface area contributed by atoms with Gasteiger partial charge in [0.25, 0.3) is 5.91 Å². The summed E-state index contributed by atoms with van der Waals surface area (Å²) in [6.07, 6.45) is 1.87. The Morgan fingerprint density at radius 2 is 1.87 bits per heavy atom. The van der Waals surface area contributed by atoms with Gasteiger partial charge in [-0.15, -0.1) is 0 Å². The van der Waals surface area contributed by atoms with Gasteiger partial charge >= 0.3 is 0 Å². The zero-order valence-corrected chi connectivity index (χ0v) is 18.4. The third kappa shape index (κ3) is 7.26. The molecule has 7 heteroatoms. The van der Waals surface area contributed by atoms with Crippen molar-refractivity contribution < 1.29 is 19.1 Å². The summed E-state index contributed by atoms with van der Waals surface area (Å²) >= 11 is 5.97. The van der Waals surface area contributed by atoms with Gasteiger partial charge in [-0.3, -0.25) is 9.59 Å². The van der Waals surface area contributed by atoms with Crippen LogP contribution in [0, 0.1) is 0 Å². The molecule has 0 unspecified atom stereocenters. The Balaban J connectivity index is 2.11. The number of methoxy groups -OCH3 is 1. The van der Waals surface area contributed by atoms with E-state index in [0.717, 1.165) is 24.2 Å². The van der Waals surface area contributed by atoms with Crippen LogP contribution in [-0.4, -0.2) is 43.0 Å². The second-order valence-corrected chi connectivity index (χ2v) is 7.37. The molecule has 1 atom stereocenters. The molecule has 0 bridgehead atoms. The smallest absolute Gasteiger partial charge is 0.261 e. The average Bonchev–Trinajstić information content (AvgIpc) is 2.76. The summed E-state index contributed by atoms with van der Waals surface area (Å²) in [6.45, 7) is 4.46. The van der Waals surface area contributed by atoms with Gasteiger partial charge in [-0.25, -0.2) is 0 Å². The normalized spacial score (nSPS) is 11.5. The van der Waals surface area contributed by atoms with Crippen LogP contribution >= 0.6 is 11.6 Å². The maximum Gasteiger partial charge on any atom is 0.261 e. The van der Waals surface area contributed by atoms with E-state index in [1.807, 2.05) is 24.3 Å². The van der Waals surface area contributed by atoms with E-state index in [4.69, 9.17) is 21.1 Å². The highest BCUT2D eigenvalue weighted by molar-refractivity contribution is 6.30. The van der Waals surface area contributed by atoms with Crippen LogP contribution < -0.4 is 14.8 Å². The second-order valence-electron chi connectivity index (χ2n) is 6.94. The molecule has 0 saturated heterocycles. The van der Waals surface area contributed by atoms with Gasteiger partial charge in [0.05, 0.1) is 7.11 Å². The van der Waals surface area contributed by atoms with Crippen LogP contribution in [-0.2, 0) is 16.1 Å². The molecular formula is C23H29ClN2O4. The van der Waals surface area contributed by atoms with E-state index in [1.54, 1.807) is 38.3 Å². The Hall–Kier alpha value is -2.73. The summed E-state index contributed by atoms with van der Waals surface area (Å²) in [4.78, 5) is 27.1. The number of benzene rings is 2. The standard InChI is InChI=1S/C23H29ClN2O4/c1-4-5-13-25-23(28)17(2)26(15-18-9-11-20(29-3)12-10-18)22(27)16-30-21-8-6-7-19(24)14-21/h6-12,14,17H,4-5,13,15-16H2,1-3H3,(H,25,28)/t17-/m1/s1. The molecule has 2 aromatic rings. The van der Waals surface area contributed by atoms with Crippen LogP contribution in [0.3, 0.4) is 0 Å². The number of nitrogens with one attached hydrogen (secondary N) is 1. The van der Waals surface area contributed by atoms with Crippen molar-refractivity contribution in [2.45, 2.75) is 39.3 Å². The van der Waals surface area contributed by atoms with E-state index in [-0.39, 0.29) is 25.0 Å². The summed E-state index contributed by atoms with van der Waals surface area (Å²) in [7, 11) is 1.60. The largest absolute Gasteiger partial charge is 0.497 e. The molecule has 0 aliphatic carbocycles. The molecule has 6 nitrogen and oxygen atoms in total. The molecular weight excluding hydrogens is 404 g/mol. The zero-order valence-electron chi connectivity index (χ0n) is 17.7. The molecule has 0 heterocycles. The van der Waals surface area contributed by atoms with E-state index < -0.39 is 6.04 Å². The summed E-state index contributed by atoms with van der Waals surface area (Å²) in [5.41, 5.74) is 0.889. The van der Waals surface area contributed by atoms with Crippen molar-refractivity contribution in [3.8, 4) is 11.5 Å². The zero-order chi connectivity index (χ0) is 21.9. The molecule has 0 aromatic heterocycles. The van der Waals surface area contributed by atoms with Gasteiger partial charge in [-0.1, -0.05) is 43.1 Å². The number of carbonyl (C=O) groups excluding carboxylic acids is 2. The number of halogens is 1. The highest BCUT2D eigenvalue weighted by atomic mass is 35.5. The maximum atomic E-state index is 13.0. The van der Waals surface area contributed by atoms with Crippen LogP contribution in [0.25, 0.3) is 0 Å². The lowest BCUT2D eigenvalue weighted by atomic mass is 10.1. The number of nitrogens with zero attached hydrogens (tertiary/aromatic N) is 1. The van der Waals surface area contributed by atoms with Crippen molar-refractivity contribution in [2.75, 3.05) is 20.3 Å². The minimum atomic E-state index is -0.639. The Bertz CT molecular complexity index is 826. The van der Waals surface area contributed by atoms with Gasteiger partial charge in [0, 0.05) is 18.1 Å². The Morgan fingerprint density at radius 1 is 1.13 bits per heavy atom. The van der Waals surface area contributed by atoms with Gasteiger partial charge in [-0.05, 0) is 49.2 Å². The highest BCUT2D eigenvalue weighted by Crippen LogP contribution is 2.18. The van der Waals surface area contributed by atoms with Crippen molar-refractivity contribution in [2.24, 2.45) is 0 Å². The first-order valence-electron chi connectivity index (χ1n) is 10.0. The van der Waals surface area contributed by atoms with Crippen molar-refractivity contribution in [1.82, 2.24) is 10.2 Å². The molecule has 0 spiro atoms. The topological polar surface area (TPSA) is 67.9 Å². The Labute approximate surface area is 183 Å². The van der Waals surface area contributed by atoms with Crippen molar-refractivity contribution in [3.05, 3.63) is 59.1 Å². The molecule has 2 aromatic carbocycles. The number of ether oxygens (including phenoxy) is 2. The van der Waals surface area contributed by atoms with Crippen molar-refractivity contribution >= 4 is 23.4 Å². The fourth-order valence-electron chi connectivity index (χ4n) is 2.83. The van der Waals surface area contributed by atoms with Gasteiger partial charge in [-0.2, -0.15) is 0 Å². The van der Waals surface area contributed by atoms with Crippen LogP contribution in [0.5, 0.6) is 11.5 Å². The minimum Gasteiger partial charge on any atom is -0.497 e. The average molecular weight is 433 g/mol. The molecule has 0 radical (unpaired) electrons. The predicted molar refractivity (Wildman–Crippen MR) is 118 cm³/mol. The number of rotatable bonds is 11. The quantitative estimate of drug-likeness (QED) is 0.544. The van der Waals surface area contributed by atoms with E-state index in [1.165, 1.54) is 4.90 Å². The van der Waals surface area contributed by atoms with Crippen molar-refractivity contribution in [1.29, 1.82) is 0 Å². The molecule has 162 valence electrons. The molecule has 0 saturated carbocycles. The van der Waals surface area contributed by atoms with Gasteiger partial charge < -0.3 is 19.7 Å². The molecule has 0 aliphatic rings. The first kappa shape index (κ1) is 23.5. The Kier molecular flexibility index (Phi) is 9.48. The maximum absolute atomic E-state index is 13.0. The third-order valence-corrected chi connectivity index (χ3v) is 4.90. The summed E-state index contributed by atoms with van der Waals surface area (Å²) in [5, 5.41) is 3.42. The number of carbonyl (C=O) groups is 2. The predicted octanol–water partition coefficient (Wildman–Crippen LogP) is 4.06. The number of hydrogen-bond acceptors (Lipinski definition) is 4. The van der Waals surface area contributed by atoms with Crippen LogP contribution in [0.15, 0.2) is 48.5 Å². The SMILES string of the molecule is CCCCNC(=O)[C@@H](C)N(Cc1ccc(OC)cc1)C(=O)COc1cccc(Cl)c1. The molecule has 2 rings (SSSR count). The van der Waals surface area contributed by atoms with Gasteiger partial charge in [0.2, 0.25) is 5.91 Å². The molecule has 30 heavy (non-hydrogen) atoms. The van der Waals surface area contributed by atoms with E-state index >= 15 is 0 Å². The highest BCUT2D eigenvalue weighted by Gasteiger charge is 2.26. The second kappa shape index (κ2) is 12.1. The lowest BCUT2D eigenvalue weighted by Gasteiger charge is -2.28. The minimum absolute atomic E-state index is 0.187. The molecule has 0 fully saturated rings. The van der Waals surface area contributed by atoms with Crippen molar-refractivity contribution in [3.63, 3.8) is 0 Å². The first-order valence-corrected chi connectivity index (χ1v) is 10.4. The fourth-order valence-corrected chi connectivity index (χ4v) is 3.01. The van der Waals surface area contributed by atoms with Gasteiger partial charge in [0.15, 0.2) is 6.61 Å². The lowest BCUT2D eigenvalue weighted by Crippen LogP contribution is -2.49. The number of unbranched alkanes of at least 4 members (excludes halogenated alkanes) is 1. The van der Waals surface area contributed by atoms with Crippen LogP contribution in [0.4, 0.5) is 0 Å². The Morgan fingerprint density at radius 3 is 2.50 bits per heavy atom. The summed E-state index contributed by atoms with van der Waals surface area (Å²) in [6, 6.07) is 13.6. The third-order valence-electron chi connectivity index (χ3n) is 4.67. The van der Waals surface area contributed by atoms with Crippen LogP contribution in [0.2, 0.25) is 5.02 Å². The van der Waals surface area contributed by atoms with E-state index in [0.29, 0.717) is 17.3 Å². The van der Waals surface area contributed by atoms with E-state index in [2.05, 4.69) is 12.2 Å². The first-order chi connectivity index (χ1) is 14.4. The molecule has 1 N–H and O–H groups in total. The summed E-state index contributed by atoms with van der Waals surface area (Å²) in [5.74, 6) is 0.753. The molecule has 0 aliphatic heterocycles. The fraction of sp³-hybridized carbons (Fsp3) is 0.391.